The monoisotopic (exact) mass is 349 g/mol. The molecule has 1 atom stereocenters. The van der Waals surface area contributed by atoms with Crippen molar-refractivity contribution < 1.29 is 17.9 Å². The molecule has 1 N–H and O–H groups in total. The number of carbonyl (C=O) groups excluding carboxylic acids is 1. The first kappa shape index (κ1) is 16.1. The molecule has 19 heavy (non-hydrogen) atoms. The number of benzene rings is 1. The summed E-state index contributed by atoms with van der Waals surface area (Å²) in [5.74, 6) is -0.817. The first-order valence-electron chi connectivity index (χ1n) is 5.63. The molecule has 0 aliphatic heterocycles. The average molecular weight is 350 g/mol. The summed E-state index contributed by atoms with van der Waals surface area (Å²) in [6.45, 7) is 3.48. The van der Waals surface area contributed by atoms with Crippen molar-refractivity contribution >= 4 is 31.9 Å². The van der Waals surface area contributed by atoms with Crippen LogP contribution in [0.2, 0.25) is 0 Å². The van der Waals surface area contributed by atoms with Crippen molar-refractivity contribution in [1.29, 1.82) is 0 Å². The number of halogens is 1. The average Bonchev–Trinajstić information content (AvgIpc) is 2.35. The van der Waals surface area contributed by atoms with E-state index in [0.717, 1.165) is 0 Å². The Morgan fingerprint density at radius 2 is 2.00 bits per heavy atom. The quantitative estimate of drug-likeness (QED) is 0.824. The van der Waals surface area contributed by atoms with Crippen molar-refractivity contribution in [2.45, 2.75) is 24.8 Å². The molecule has 1 aromatic carbocycles. The Labute approximate surface area is 121 Å². The van der Waals surface area contributed by atoms with Gasteiger partial charge in [-0.2, -0.15) is 4.72 Å². The summed E-state index contributed by atoms with van der Waals surface area (Å²) in [6.07, 6.45) is 0. The lowest BCUT2D eigenvalue weighted by Crippen LogP contribution is -2.44. The largest absolute Gasteiger partial charge is 0.468 e. The molecule has 0 aliphatic rings. The molecule has 106 valence electrons. The van der Waals surface area contributed by atoms with Gasteiger partial charge in [0.2, 0.25) is 10.0 Å². The van der Waals surface area contributed by atoms with Crippen LogP contribution in [-0.2, 0) is 19.6 Å². The minimum atomic E-state index is -3.76. The first-order chi connectivity index (χ1) is 8.77. The molecule has 0 heterocycles. The number of carbonyl (C=O) groups is 1. The second-order valence-electron chi connectivity index (χ2n) is 4.32. The van der Waals surface area contributed by atoms with Gasteiger partial charge < -0.3 is 4.74 Å². The highest BCUT2D eigenvalue weighted by molar-refractivity contribution is 9.10. The van der Waals surface area contributed by atoms with E-state index < -0.39 is 22.0 Å². The Morgan fingerprint density at radius 1 is 1.37 bits per heavy atom. The van der Waals surface area contributed by atoms with Gasteiger partial charge in [0.15, 0.2) is 0 Å². The van der Waals surface area contributed by atoms with E-state index in [4.69, 9.17) is 0 Å². The third kappa shape index (κ3) is 4.29. The number of nitrogens with one attached hydrogen (secondary N) is 1. The SMILES string of the molecule is COC(=O)[C@@H](NS(=O)(=O)c1cccc(Br)c1)C(C)C. The van der Waals surface area contributed by atoms with Crippen LogP contribution in [0, 0.1) is 5.92 Å². The fourth-order valence-electron chi connectivity index (χ4n) is 1.45. The summed E-state index contributed by atoms with van der Waals surface area (Å²) < 4.78 is 32.0. The molecule has 0 unspecified atom stereocenters. The first-order valence-corrected chi connectivity index (χ1v) is 7.91. The number of esters is 1. The molecule has 0 fully saturated rings. The van der Waals surface area contributed by atoms with Crippen molar-refractivity contribution in [1.82, 2.24) is 4.72 Å². The van der Waals surface area contributed by atoms with Crippen molar-refractivity contribution in [2.24, 2.45) is 5.92 Å². The van der Waals surface area contributed by atoms with Crippen LogP contribution in [0.25, 0.3) is 0 Å². The summed E-state index contributed by atoms with van der Waals surface area (Å²) in [5.41, 5.74) is 0. The normalized spacial score (nSPS) is 13.3. The molecule has 7 heteroatoms. The molecule has 1 aromatic rings. The number of methoxy groups -OCH3 is 1. The van der Waals surface area contributed by atoms with Gasteiger partial charge in [-0.05, 0) is 24.1 Å². The highest BCUT2D eigenvalue weighted by atomic mass is 79.9. The van der Waals surface area contributed by atoms with Gasteiger partial charge in [-0.1, -0.05) is 35.8 Å². The van der Waals surface area contributed by atoms with Crippen molar-refractivity contribution in [3.63, 3.8) is 0 Å². The zero-order valence-corrected chi connectivity index (χ0v) is 13.3. The molecular weight excluding hydrogens is 334 g/mol. The molecular formula is C12H16BrNO4S. The van der Waals surface area contributed by atoms with Crippen LogP contribution in [-0.4, -0.2) is 27.5 Å². The van der Waals surface area contributed by atoms with Crippen LogP contribution in [0.1, 0.15) is 13.8 Å². The van der Waals surface area contributed by atoms with Gasteiger partial charge in [0.05, 0.1) is 12.0 Å². The van der Waals surface area contributed by atoms with Crippen molar-refractivity contribution in [3.05, 3.63) is 28.7 Å². The van der Waals surface area contributed by atoms with E-state index in [2.05, 4.69) is 25.4 Å². The predicted molar refractivity (Wildman–Crippen MR) is 75.1 cm³/mol. The third-order valence-corrected chi connectivity index (χ3v) is 4.44. The summed E-state index contributed by atoms with van der Waals surface area (Å²) >= 11 is 3.21. The lowest BCUT2D eigenvalue weighted by molar-refractivity contribution is -0.143. The van der Waals surface area contributed by atoms with E-state index >= 15 is 0 Å². The van der Waals surface area contributed by atoms with Crippen LogP contribution < -0.4 is 4.72 Å². The molecule has 0 amide bonds. The molecule has 0 bridgehead atoms. The maximum absolute atomic E-state index is 12.2. The number of hydrogen-bond donors (Lipinski definition) is 1. The molecule has 0 saturated heterocycles. The number of rotatable bonds is 5. The van der Waals surface area contributed by atoms with Crippen LogP contribution in [0.5, 0.6) is 0 Å². The Hall–Kier alpha value is -0.920. The van der Waals surface area contributed by atoms with Gasteiger partial charge in [-0.3, -0.25) is 4.79 Å². The van der Waals surface area contributed by atoms with Crippen LogP contribution in [0.4, 0.5) is 0 Å². The van der Waals surface area contributed by atoms with Gasteiger partial charge in [0.25, 0.3) is 0 Å². The lowest BCUT2D eigenvalue weighted by Gasteiger charge is -2.19. The number of sulfonamides is 1. The van der Waals surface area contributed by atoms with Gasteiger partial charge in [-0.25, -0.2) is 8.42 Å². The van der Waals surface area contributed by atoms with Crippen LogP contribution in [0.15, 0.2) is 33.6 Å². The van der Waals surface area contributed by atoms with E-state index in [0.29, 0.717) is 4.47 Å². The molecule has 5 nitrogen and oxygen atoms in total. The highest BCUT2D eigenvalue weighted by Crippen LogP contribution is 2.17. The van der Waals surface area contributed by atoms with Gasteiger partial charge in [0, 0.05) is 4.47 Å². The predicted octanol–water partition coefficient (Wildman–Crippen LogP) is 1.92. The van der Waals surface area contributed by atoms with Gasteiger partial charge in [-0.15, -0.1) is 0 Å². The second kappa shape index (κ2) is 6.49. The molecule has 1 rings (SSSR count). The van der Waals surface area contributed by atoms with Crippen molar-refractivity contribution in [2.75, 3.05) is 7.11 Å². The Bertz CT molecular complexity index is 557. The van der Waals surface area contributed by atoms with Gasteiger partial charge in [0.1, 0.15) is 6.04 Å². The number of hydrogen-bond acceptors (Lipinski definition) is 4. The fraction of sp³-hybridized carbons (Fsp3) is 0.417. The zero-order chi connectivity index (χ0) is 14.6. The Balaban J connectivity index is 3.04. The standard InChI is InChI=1S/C12H16BrNO4S/c1-8(2)11(12(15)18-3)14-19(16,17)10-6-4-5-9(13)7-10/h4-8,11,14H,1-3H3/t11-/m0/s1. The maximum Gasteiger partial charge on any atom is 0.324 e. The summed E-state index contributed by atoms with van der Waals surface area (Å²) in [7, 11) is -2.54. The molecule has 0 aromatic heterocycles. The van der Waals surface area contributed by atoms with E-state index in [-0.39, 0.29) is 10.8 Å². The Kier molecular flexibility index (Phi) is 5.51. The topological polar surface area (TPSA) is 72.5 Å². The molecule has 0 spiro atoms. The summed E-state index contributed by atoms with van der Waals surface area (Å²) in [4.78, 5) is 11.7. The molecule has 0 aliphatic carbocycles. The van der Waals surface area contributed by atoms with Crippen LogP contribution >= 0.6 is 15.9 Å². The summed E-state index contributed by atoms with van der Waals surface area (Å²) in [6, 6.07) is 5.35. The highest BCUT2D eigenvalue weighted by Gasteiger charge is 2.29. The molecule has 0 radical (unpaired) electrons. The zero-order valence-electron chi connectivity index (χ0n) is 10.9. The van der Waals surface area contributed by atoms with Crippen LogP contribution in [0.3, 0.4) is 0 Å². The van der Waals surface area contributed by atoms with E-state index in [1.807, 2.05) is 0 Å². The minimum absolute atomic E-state index is 0.0939. The maximum atomic E-state index is 12.2. The summed E-state index contributed by atoms with van der Waals surface area (Å²) in [5, 5.41) is 0. The van der Waals surface area contributed by atoms with E-state index in [1.165, 1.54) is 19.2 Å². The third-order valence-electron chi connectivity index (χ3n) is 2.51. The van der Waals surface area contributed by atoms with Crippen molar-refractivity contribution in [3.8, 4) is 0 Å². The Morgan fingerprint density at radius 3 is 2.47 bits per heavy atom. The fourth-order valence-corrected chi connectivity index (χ4v) is 3.38. The van der Waals surface area contributed by atoms with E-state index in [1.54, 1.807) is 26.0 Å². The van der Waals surface area contributed by atoms with Gasteiger partial charge >= 0.3 is 5.97 Å². The van der Waals surface area contributed by atoms with E-state index in [9.17, 15) is 13.2 Å². The number of ether oxygens (including phenoxy) is 1. The lowest BCUT2D eigenvalue weighted by atomic mass is 10.1. The molecule has 0 saturated carbocycles. The second-order valence-corrected chi connectivity index (χ2v) is 6.95. The minimum Gasteiger partial charge on any atom is -0.468 e. The smallest absolute Gasteiger partial charge is 0.324 e.